The molecule has 2 aromatic carbocycles. The molecular weight excluding hydrogens is 449 g/mol. The summed E-state index contributed by atoms with van der Waals surface area (Å²) in [5.41, 5.74) is 5.64. The average molecular weight is 474 g/mol. The van der Waals surface area contributed by atoms with Gasteiger partial charge in [-0.2, -0.15) is 13.2 Å². The number of aliphatic imine (C=N–C) groups is 1. The molecule has 0 aromatic heterocycles. The fraction of sp³-hybridized carbons (Fsp3) is 0.292. The molecule has 4 N–H and O–H groups in total. The first-order chi connectivity index (χ1) is 16.0. The second kappa shape index (κ2) is 9.98. The van der Waals surface area contributed by atoms with Crippen molar-refractivity contribution in [3.8, 4) is 0 Å². The Morgan fingerprint density at radius 1 is 1.18 bits per heavy atom. The highest BCUT2D eigenvalue weighted by Gasteiger charge is 2.40. The van der Waals surface area contributed by atoms with E-state index in [9.17, 15) is 22.8 Å². The lowest BCUT2D eigenvalue weighted by atomic mass is 10.0. The molecule has 1 amide bonds. The molecule has 1 aliphatic rings. The number of amidine groups is 1. The lowest BCUT2D eigenvalue weighted by molar-refractivity contribution is -0.119. The highest BCUT2D eigenvalue weighted by Crippen LogP contribution is 2.28. The maximum absolute atomic E-state index is 13.6. The maximum Gasteiger partial charge on any atom is 0.431 e. The monoisotopic (exact) mass is 474 g/mol. The van der Waals surface area contributed by atoms with Crippen LogP contribution in [0.3, 0.4) is 0 Å². The minimum atomic E-state index is -4.93. The van der Waals surface area contributed by atoms with Crippen molar-refractivity contribution in [2.24, 2.45) is 10.7 Å². The molecular formula is C24H25F3N4O3. The van der Waals surface area contributed by atoms with Crippen LogP contribution < -0.4 is 11.1 Å². The number of carboxylic acid groups (broad SMARTS) is 1. The van der Waals surface area contributed by atoms with E-state index < -0.39 is 35.4 Å². The average Bonchev–Trinajstić information content (AvgIpc) is 3.22. The number of aromatic carboxylic acids is 1. The molecule has 1 aliphatic heterocycles. The molecule has 0 saturated carbocycles. The molecule has 10 heteroatoms. The van der Waals surface area contributed by atoms with Gasteiger partial charge in [-0.05, 0) is 42.7 Å². The summed E-state index contributed by atoms with van der Waals surface area (Å²) in [7, 11) is 0. The van der Waals surface area contributed by atoms with Crippen LogP contribution in [0.15, 0.2) is 64.8 Å². The molecule has 0 fully saturated rings. The first kappa shape index (κ1) is 24.8. The minimum Gasteiger partial charge on any atom is -0.478 e. The van der Waals surface area contributed by atoms with E-state index in [4.69, 9.17) is 10.8 Å². The Balaban J connectivity index is 1.89. The summed E-state index contributed by atoms with van der Waals surface area (Å²) in [6.45, 7) is 4.33. The van der Waals surface area contributed by atoms with E-state index in [2.05, 4.69) is 10.3 Å². The van der Waals surface area contributed by atoms with E-state index in [-0.39, 0.29) is 24.5 Å². The van der Waals surface area contributed by atoms with Gasteiger partial charge < -0.3 is 21.1 Å². The van der Waals surface area contributed by atoms with Crippen LogP contribution in [-0.4, -0.2) is 47.0 Å². The lowest BCUT2D eigenvalue weighted by Gasteiger charge is -2.25. The van der Waals surface area contributed by atoms with Gasteiger partial charge in [0.2, 0.25) is 0 Å². The summed E-state index contributed by atoms with van der Waals surface area (Å²) in [4.78, 5) is 29.9. The molecule has 2 aromatic rings. The van der Waals surface area contributed by atoms with Crippen LogP contribution in [0, 0.1) is 6.92 Å². The number of carboxylic acids is 1. The zero-order valence-electron chi connectivity index (χ0n) is 18.7. The molecule has 0 unspecified atom stereocenters. The van der Waals surface area contributed by atoms with Crippen molar-refractivity contribution >= 4 is 17.7 Å². The van der Waals surface area contributed by atoms with E-state index in [1.165, 1.54) is 24.3 Å². The molecule has 7 nitrogen and oxygen atoms in total. The number of aryl methyl sites for hydroxylation is 1. The molecule has 1 heterocycles. The number of rotatable bonds is 7. The predicted octanol–water partition coefficient (Wildman–Crippen LogP) is 3.56. The number of carbonyl (C=O) groups excluding carboxylic acids is 1. The van der Waals surface area contributed by atoms with Crippen LogP contribution >= 0.6 is 0 Å². The van der Waals surface area contributed by atoms with Crippen molar-refractivity contribution in [1.29, 1.82) is 0 Å². The van der Waals surface area contributed by atoms with Gasteiger partial charge in [0.25, 0.3) is 5.91 Å². The Morgan fingerprint density at radius 2 is 1.82 bits per heavy atom. The van der Waals surface area contributed by atoms with E-state index in [0.29, 0.717) is 12.1 Å². The lowest BCUT2D eigenvalue weighted by Crippen LogP contribution is -2.40. The SMILES string of the molecule is Cc1ccccc1CN1CCN=C1C(C(=O)N[C@@H](C)c1ccc(C(=O)O)cc1)=C(N)C(F)(F)F. The quantitative estimate of drug-likeness (QED) is 0.532. The molecule has 0 aliphatic carbocycles. The van der Waals surface area contributed by atoms with Gasteiger partial charge in [0.1, 0.15) is 17.1 Å². The number of carbonyl (C=O) groups is 2. The number of nitrogens with two attached hydrogens (primary N) is 1. The molecule has 1 atom stereocenters. The molecule has 0 spiro atoms. The third-order valence-electron chi connectivity index (χ3n) is 5.58. The van der Waals surface area contributed by atoms with E-state index in [0.717, 1.165) is 11.1 Å². The summed E-state index contributed by atoms with van der Waals surface area (Å²) < 4.78 is 40.9. The van der Waals surface area contributed by atoms with Gasteiger partial charge in [-0.3, -0.25) is 9.79 Å². The Kier molecular flexibility index (Phi) is 7.29. The van der Waals surface area contributed by atoms with Gasteiger partial charge in [0.05, 0.1) is 18.2 Å². The molecule has 0 saturated heterocycles. The zero-order valence-corrected chi connectivity index (χ0v) is 18.7. The van der Waals surface area contributed by atoms with Crippen molar-refractivity contribution in [3.05, 3.63) is 82.1 Å². The topological polar surface area (TPSA) is 108 Å². The predicted molar refractivity (Wildman–Crippen MR) is 121 cm³/mol. The summed E-state index contributed by atoms with van der Waals surface area (Å²) in [5.74, 6) is -2.23. The van der Waals surface area contributed by atoms with Crippen LogP contribution in [0.25, 0.3) is 0 Å². The summed E-state index contributed by atoms with van der Waals surface area (Å²) in [6, 6.07) is 12.4. The minimum absolute atomic E-state index is 0.0522. The number of allylic oxidation sites excluding steroid dienone is 1. The normalized spacial score (nSPS) is 15.4. The number of amides is 1. The van der Waals surface area contributed by atoms with Crippen LogP contribution in [0.2, 0.25) is 0 Å². The van der Waals surface area contributed by atoms with Crippen molar-refractivity contribution in [1.82, 2.24) is 10.2 Å². The van der Waals surface area contributed by atoms with Crippen LogP contribution in [-0.2, 0) is 11.3 Å². The second-order valence-electron chi connectivity index (χ2n) is 7.96. The fourth-order valence-corrected chi connectivity index (χ4v) is 3.62. The first-order valence-corrected chi connectivity index (χ1v) is 10.5. The Hall–Kier alpha value is -3.82. The number of hydrogen-bond donors (Lipinski definition) is 3. The second-order valence-corrected chi connectivity index (χ2v) is 7.96. The van der Waals surface area contributed by atoms with Gasteiger partial charge in [0, 0.05) is 13.1 Å². The summed E-state index contributed by atoms with van der Waals surface area (Å²) >= 11 is 0. The summed E-state index contributed by atoms with van der Waals surface area (Å²) in [5, 5.41) is 11.6. The van der Waals surface area contributed by atoms with E-state index in [1.807, 2.05) is 31.2 Å². The fourth-order valence-electron chi connectivity index (χ4n) is 3.62. The number of alkyl halides is 3. The highest BCUT2D eigenvalue weighted by molar-refractivity contribution is 6.21. The Bertz CT molecular complexity index is 1140. The molecule has 180 valence electrons. The van der Waals surface area contributed by atoms with Crippen LogP contribution in [0.5, 0.6) is 0 Å². The third kappa shape index (κ3) is 5.56. The van der Waals surface area contributed by atoms with Crippen molar-refractivity contribution < 1.29 is 27.9 Å². The van der Waals surface area contributed by atoms with Gasteiger partial charge in [-0.15, -0.1) is 0 Å². The van der Waals surface area contributed by atoms with Gasteiger partial charge in [0.15, 0.2) is 0 Å². The first-order valence-electron chi connectivity index (χ1n) is 10.5. The maximum atomic E-state index is 13.6. The zero-order chi connectivity index (χ0) is 25.0. The Morgan fingerprint density at radius 3 is 2.41 bits per heavy atom. The Labute approximate surface area is 194 Å². The van der Waals surface area contributed by atoms with Crippen LogP contribution in [0.4, 0.5) is 13.2 Å². The van der Waals surface area contributed by atoms with Gasteiger partial charge in [-0.1, -0.05) is 36.4 Å². The third-order valence-corrected chi connectivity index (χ3v) is 5.58. The number of benzene rings is 2. The standard InChI is InChI=1S/C24H25F3N4O3/c1-14-5-3-4-6-18(14)13-31-12-11-29-21(31)19(20(28)24(25,26)27)22(32)30-15(2)16-7-9-17(10-8-16)23(33)34/h3-10,15H,11-13,28H2,1-2H3,(H,30,32)(H,33,34)/t15-/m0/s1. The van der Waals surface area contributed by atoms with Crippen molar-refractivity contribution in [2.45, 2.75) is 32.6 Å². The number of halogens is 3. The van der Waals surface area contributed by atoms with Gasteiger partial charge >= 0.3 is 12.1 Å². The molecule has 34 heavy (non-hydrogen) atoms. The number of nitrogens with zero attached hydrogens (tertiary/aromatic N) is 2. The number of hydrogen-bond acceptors (Lipinski definition) is 5. The van der Waals surface area contributed by atoms with Crippen molar-refractivity contribution in [2.75, 3.05) is 13.1 Å². The highest BCUT2D eigenvalue weighted by atomic mass is 19.4. The van der Waals surface area contributed by atoms with Gasteiger partial charge in [-0.25, -0.2) is 4.79 Å². The molecule has 0 bridgehead atoms. The van der Waals surface area contributed by atoms with Crippen molar-refractivity contribution in [3.63, 3.8) is 0 Å². The van der Waals surface area contributed by atoms with Crippen LogP contribution in [0.1, 0.15) is 40.0 Å². The summed E-state index contributed by atoms with van der Waals surface area (Å²) in [6.07, 6.45) is -4.93. The molecule has 0 radical (unpaired) electrons. The number of nitrogens with one attached hydrogen (secondary N) is 1. The van der Waals surface area contributed by atoms with E-state index in [1.54, 1.807) is 11.8 Å². The smallest absolute Gasteiger partial charge is 0.431 e. The molecule has 3 rings (SSSR count). The van der Waals surface area contributed by atoms with E-state index >= 15 is 0 Å². The largest absolute Gasteiger partial charge is 0.478 e.